The summed E-state index contributed by atoms with van der Waals surface area (Å²) < 4.78 is 1.93. The van der Waals surface area contributed by atoms with E-state index in [0.29, 0.717) is 18.0 Å². The molecule has 1 amide bonds. The Balaban J connectivity index is 1.55. The Kier molecular flexibility index (Phi) is 5.02. The lowest BCUT2D eigenvalue weighted by molar-refractivity contribution is 0.0941. The molecule has 1 atom stereocenters. The zero-order chi connectivity index (χ0) is 21.4. The smallest absolute Gasteiger partial charge is 0.252 e. The van der Waals surface area contributed by atoms with Gasteiger partial charge in [-0.3, -0.25) is 4.79 Å². The van der Waals surface area contributed by atoms with Gasteiger partial charge in [0, 0.05) is 11.6 Å². The van der Waals surface area contributed by atoms with Crippen LogP contribution >= 0.6 is 0 Å². The van der Waals surface area contributed by atoms with E-state index in [9.17, 15) is 4.79 Å². The molecule has 1 aliphatic carbocycles. The van der Waals surface area contributed by atoms with E-state index < -0.39 is 0 Å². The van der Waals surface area contributed by atoms with Crippen molar-refractivity contribution in [3.05, 3.63) is 94.8 Å². The van der Waals surface area contributed by atoms with E-state index in [1.54, 1.807) is 0 Å². The van der Waals surface area contributed by atoms with E-state index in [1.165, 1.54) is 0 Å². The Labute approximate surface area is 182 Å². The van der Waals surface area contributed by atoms with Crippen LogP contribution in [0.5, 0.6) is 0 Å². The lowest BCUT2D eigenvalue weighted by atomic mass is 10.0. The van der Waals surface area contributed by atoms with Crippen molar-refractivity contribution in [1.82, 2.24) is 20.1 Å². The minimum absolute atomic E-state index is 0.0759. The summed E-state index contributed by atoms with van der Waals surface area (Å²) in [4.78, 5) is 18.3. The van der Waals surface area contributed by atoms with E-state index in [-0.39, 0.29) is 11.9 Å². The first-order valence-corrected chi connectivity index (χ1v) is 10.9. The van der Waals surface area contributed by atoms with Crippen molar-refractivity contribution in [3.63, 3.8) is 0 Å². The zero-order valence-corrected chi connectivity index (χ0v) is 17.9. The molecule has 1 fully saturated rings. The van der Waals surface area contributed by atoms with Crippen LogP contribution in [0.2, 0.25) is 0 Å². The lowest BCUT2D eigenvalue weighted by Crippen LogP contribution is -2.27. The quantitative estimate of drug-likeness (QED) is 0.478. The molecule has 4 aromatic rings. The monoisotopic (exact) mass is 410 g/mol. The maximum absolute atomic E-state index is 13.4. The number of fused-ring (bicyclic) bond motifs is 1. The summed E-state index contributed by atoms with van der Waals surface area (Å²) in [7, 11) is 0. The van der Waals surface area contributed by atoms with Gasteiger partial charge in [-0.05, 0) is 43.9 Å². The Hall–Kier alpha value is -3.47. The summed E-state index contributed by atoms with van der Waals surface area (Å²) >= 11 is 0. The van der Waals surface area contributed by atoms with Crippen molar-refractivity contribution < 1.29 is 4.79 Å². The first kappa shape index (κ1) is 19.5. The molecule has 0 unspecified atom stereocenters. The summed E-state index contributed by atoms with van der Waals surface area (Å²) in [6.07, 6.45) is 2.26. The van der Waals surface area contributed by atoms with E-state index in [0.717, 1.165) is 46.4 Å². The van der Waals surface area contributed by atoms with Gasteiger partial charge in [0.2, 0.25) is 0 Å². The number of carbonyl (C=O) groups is 1. The molecule has 0 aliphatic heterocycles. The molecule has 156 valence electrons. The van der Waals surface area contributed by atoms with Gasteiger partial charge in [-0.1, -0.05) is 60.7 Å². The molecule has 2 aromatic carbocycles. The summed E-state index contributed by atoms with van der Waals surface area (Å²) in [6, 6.07) is 22.2. The van der Waals surface area contributed by atoms with Crippen LogP contribution in [0.1, 0.15) is 64.6 Å². The number of aryl methyl sites for hydroxylation is 1. The molecule has 2 heterocycles. The fourth-order valence-electron chi connectivity index (χ4n) is 4.11. The highest BCUT2D eigenvalue weighted by Crippen LogP contribution is 2.40. The summed E-state index contributed by atoms with van der Waals surface area (Å²) in [5.74, 6) is 0.371. The van der Waals surface area contributed by atoms with Crippen LogP contribution in [-0.2, 0) is 6.54 Å². The van der Waals surface area contributed by atoms with E-state index in [2.05, 4.69) is 17.4 Å². The zero-order valence-electron chi connectivity index (χ0n) is 17.9. The lowest BCUT2D eigenvalue weighted by Gasteiger charge is -2.15. The summed E-state index contributed by atoms with van der Waals surface area (Å²) in [5, 5.41) is 8.78. The number of carbonyl (C=O) groups excluding carboxylic acids is 1. The largest absolute Gasteiger partial charge is 0.345 e. The van der Waals surface area contributed by atoms with Crippen LogP contribution in [0.15, 0.2) is 66.7 Å². The van der Waals surface area contributed by atoms with Crippen molar-refractivity contribution in [2.75, 3.05) is 0 Å². The molecule has 2 aromatic heterocycles. The molecule has 0 radical (unpaired) electrons. The maximum atomic E-state index is 13.4. The van der Waals surface area contributed by atoms with Gasteiger partial charge in [0.25, 0.3) is 5.91 Å². The third kappa shape index (κ3) is 3.96. The number of pyridine rings is 1. The number of hydrogen-bond acceptors (Lipinski definition) is 3. The van der Waals surface area contributed by atoms with Gasteiger partial charge in [-0.2, -0.15) is 5.10 Å². The van der Waals surface area contributed by atoms with Crippen LogP contribution in [0.4, 0.5) is 0 Å². The highest BCUT2D eigenvalue weighted by Gasteiger charge is 2.29. The number of benzene rings is 2. The topological polar surface area (TPSA) is 59.8 Å². The minimum Gasteiger partial charge on any atom is -0.345 e. The number of amides is 1. The summed E-state index contributed by atoms with van der Waals surface area (Å²) in [6.45, 7) is 4.60. The van der Waals surface area contributed by atoms with Gasteiger partial charge in [0.15, 0.2) is 5.65 Å². The molecule has 1 aliphatic rings. The molecule has 0 saturated heterocycles. The van der Waals surface area contributed by atoms with Gasteiger partial charge in [-0.25, -0.2) is 9.67 Å². The molecule has 31 heavy (non-hydrogen) atoms. The number of rotatable bonds is 6. The van der Waals surface area contributed by atoms with Crippen LogP contribution < -0.4 is 5.32 Å². The first-order valence-electron chi connectivity index (χ1n) is 10.9. The van der Waals surface area contributed by atoms with Crippen molar-refractivity contribution in [2.24, 2.45) is 0 Å². The number of nitrogens with zero attached hydrogens (tertiary/aromatic N) is 3. The second-order valence-electron chi connectivity index (χ2n) is 8.40. The van der Waals surface area contributed by atoms with Crippen molar-refractivity contribution in [2.45, 2.75) is 45.2 Å². The van der Waals surface area contributed by atoms with Gasteiger partial charge < -0.3 is 5.32 Å². The van der Waals surface area contributed by atoms with Gasteiger partial charge in [-0.15, -0.1) is 0 Å². The average Bonchev–Trinajstić information content (AvgIpc) is 3.60. The van der Waals surface area contributed by atoms with Gasteiger partial charge in [0.1, 0.15) is 0 Å². The molecule has 1 saturated carbocycles. The third-order valence-corrected chi connectivity index (χ3v) is 5.96. The molecule has 1 N–H and O–H groups in total. The average molecular weight is 411 g/mol. The fourth-order valence-corrected chi connectivity index (χ4v) is 4.11. The predicted octanol–water partition coefficient (Wildman–Crippen LogP) is 5.16. The molecule has 0 spiro atoms. The number of hydrogen-bond donors (Lipinski definition) is 1. The Morgan fingerprint density at radius 2 is 1.77 bits per heavy atom. The molecule has 5 nitrogen and oxygen atoms in total. The molecular weight excluding hydrogens is 384 g/mol. The molecule has 0 bridgehead atoms. The van der Waals surface area contributed by atoms with E-state index in [1.807, 2.05) is 73.1 Å². The SMILES string of the molecule is Cc1nn(Cc2ccccc2)c2nc(C3CC3)cc(C(=O)N[C@H](C)c3ccccc3)c12. The standard InChI is InChI=1S/C26H26N4O/c1-17(20-11-7-4-8-12-20)27-26(31)22-15-23(21-13-14-21)28-25-24(22)18(2)29-30(25)16-19-9-5-3-6-10-19/h3-12,15,17,21H,13-14,16H2,1-2H3,(H,27,31)/t17-/m1/s1. The van der Waals surface area contributed by atoms with Crippen LogP contribution in [0, 0.1) is 6.92 Å². The Bertz CT molecular complexity index is 1230. The van der Waals surface area contributed by atoms with Crippen LogP contribution in [0.25, 0.3) is 11.0 Å². The highest BCUT2D eigenvalue weighted by molar-refractivity contribution is 6.06. The third-order valence-electron chi connectivity index (χ3n) is 5.96. The highest BCUT2D eigenvalue weighted by atomic mass is 16.1. The second-order valence-corrected chi connectivity index (χ2v) is 8.40. The Morgan fingerprint density at radius 1 is 1.10 bits per heavy atom. The molecular formula is C26H26N4O. The number of nitrogens with one attached hydrogen (secondary N) is 1. The normalized spacial score (nSPS) is 14.5. The minimum atomic E-state index is -0.0824. The maximum Gasteiger partial charge on any atom is 0.252 e. The van der Waals surface area contributed by atoms with Crippen LogP contribution in [-0.4, -0.2) is 20.7 Å². The predicted molar refractivity (Wildman–Crippen MR) is 122 cm³/mol. The van der Waals surface area contributed by atoms with Crippen LogP contribution in [0.3, 0.4) is 0 Å². The van der Waals surface area contributed by atoms with Crippen molar-refractivity contribution in [3.8, 4) is 0 Å². The van der Waals surface area contributed by atoms with E-state index in [4.69, 9.17) is 10.1 Å². The van der Waals surface area contributed by atoms with Crippen molar-refractivity contribution in [1.29, 1.82) is 0 Å². The van der Waals surface area contributed by atoms with Gasteiger partial charge in [0.05, 0.1) is 29.2 Å². The fraction of sp³-hybridized carbons (Fsp3) is 0.269. The molecule has 5 heteroatoms. The van der Waals surface area contributed by atoms with Gasteiger partial charge >= 0.3 is 0 Å². The van der Waals surface area contributed by atoms with E-state index >= 15 is 0 Å². The second kappa shape index (κ2) is 7.99. The van der Waals surface area contributed by atoms with Crippen molar-refractivity contribution >= 4 is 16.9 Å². The first-order chi connectivity index (χ1) is 15.1. The summed E-state index contributed by atoms with van der Waals surface area (Å²) in [5.41, 5.74) is 5.54. The molecule has 5 rings (SSSR count). The Morgan fingerprint density at radius 3 is 2.45 bits per heavy atom. The number of aromatic nitrogens is 3.